The first-order valence-corrected chi connectivity index (χ1v) is 10.3. The van der Waals surface area contributed by atoms with E-state index in [9.17, 15) is 14.4 Å². The van der Waals surface area contributed by atoms with Crippen LogP contribution in [0.1, 0.15) is 30.9 Å². The van der Waals surface area contributed by atoms with Gasteiger partial charge in [0.05, 0.1) is 28.1 Å². The van der Waals surface area contributed by atoms with E-state index in [4.69, 9.17) is 43.1 Å². The molecule has 2 aromatic rings. The van der Waals surface area contributed by atoms with Crippen molar-refractivity contribution in [3.8, 4) is 11.8 Å². The van der Waals surface area contributed by atoms with Crippen molar-refractivity contribution in [1.82, 2.24) is 0 Å². The predicted octanol–water partition coefficient (Wildman–Crippen LogP) is 5.36. The van der Waals surface area contributed by atoms with Crippen LogP contribution in [0.4, 0.5) is 4.39 Å². The van der Waals surface area contributed by atoms with Crippen LogP contribution in [0.5, 0.6) is 5.75 Å². The van der Waals surface area contributed by atoms with Crippen molar-refractivity contribution < 1.29 is 23.4 Å². The average Bonchev–Trinajstić information content (AvgIpc) is 2.72. The van der Waals surface area contributed by atoms with Crippen LogP contribution >= 0.6 is 23.2 Å². The summed E-state index contributed by atoms with van der Waals surface area (Å²) < 4.78 is 29.6. The van der Waals surface area contributed by atoms with E-state index >= 15 is 0 Å². The molecule has 0 bridgehead atoms. The van der Waals surface area contributed by atoms with Crippen LogP contribution in [-0.2, 0) is 20.9 Å². The third-order valence-corrected chi connectivity index (χ3v) is 5.29. The van der Waals surface area contributed by atoms with E-state index in [0.717, 1.165) is 0 Å². The Hall–Kier alpha value is -3.21. The molecule has 6 nitrogen and oxygen atoms in total. The van der Waals surface area contributed by atoms with Gasteiger partial charge in [-0.2, -0.15) is 5.26 Å². The molecule has 0 aliphatic carbocycles. The van der Waals surface area contributed by atoms with Gasteiger partial charge in [-0.1, -0.05) is 35.3 Å². The van der Waals surface area contributed by atoms with Gasteiger partial charge in [0.2, 0.25) is 5.88 Å². The summed E-state index contributed by atoms with van der Waals surface area (Å²) in [6, 6.07) is 11.0. The number of nitrogens with zero attached hydrogens (tertiary/aromatic N) is 1. The molecule has 1 aliphatic rings. The molecule has 1 unspecified atom stereocenters. The standard InChI is InChI=1S/C23H19Cl2FN2O4/c1-3-30-23(29)19-12(2)32-22(28)16(10-27)20(19)14-8-17(24)21(18(25)9-14)31-11-13-5-4-6-15(26)7-13/h4-9,20H,3,11,28H2,1-2H3. The topological polar surface area (TPSA) is 94.6 Å². The molecule has 0 amide bonds. The Bertz CT molecular complexity index is 1150. The van der Waals surface area contributed by atoms with E-state index in [1.807, 2.05) is 6.07 Å². The van der Waals surface area contributed by atoms with Gasteiger partial charge in [-0.3, -0.25) is 0 Å². The maximum absolute atomic E-state index is 13.4. The fraction of sp³-hybridized carbons (Fsp3) is 0.217. The number of allylic oxidation sites excluding steroid dienone is 2. The number of nitrogens with two attached hydrogens (primary N) is 1. The number of rotatable bonds is 6. The number of benzene rings is 2. The van der Waals surface area contributed by atoms with Gasteiger partial charge in [-0.05, 0) is 49.2 Å². The molecule has 2 aromatic carbocycles. The Balaban J connectivity index is 2.00. The van der Waals surface area contributed by atoms with Gasteiger partial charge in [-0.25, -0.2) is 9.18 Å². The molecule has 0 saturated carbocycles. The molecule has 1 heterocycles. The molecule has 0 spiro atoms. The molecule has 1 aliphatic heterocycles. The summed E-state index contributed by atoms with van der Waals surface area (Å²) >= 11 is 12.9. The van der Waals surface area contributed by atoms with E-state index in [0.29, 0.717) is 11.1 Å². The molecule has 9 heteroatoms. The summed E-state index contributed by atoms with van der Waals surface area (Å²) in [7, 11) is 0. The van der Waals surface area contributed by atoms with Crippen LogP contribution in [0.3, 0.4) is 0 Å². The normalized spacial score (nSPS) is 15.8. The van der Waals surface area contributed by atoms with Gasteiger partial charge in [0.15, 0.2) is 5.75 Å². The van der Waals surface area contributed by atoms with Crippen LogP contribution in [0, 0.1) is 17.1 Å². The van der Waals surface area contributed by atoms with Crippen molar-refractivity contribution in [1.29, 1.82) is 5.26 Å². The summed E-state index contributed by atoms with van der Waals surface area (Å²) in [5, 5.41) is 9.96. The van der Waals surface area contributed by atoms with E-state index in [2.05, 4.69) is 0 Å². The molecule has 0 radical (unpaired) electrons. The summed E-state index contributed by atoms with van der Waals surface area (Å²) in [4.78, 5) is 12.6. The SMILES string of the molecule is CCOC(=O)C1=C(C)OC(N)=C(C#N)C1c1cc(Cl)c(OCc2cccc(F)c2)c(Cl)c1. The number of hydrogen-bond donors (Lipinski definition) is 1. The fourth-order valence-electron chi connectivity index (χ4n) is 3.35. The fourth-order valence-corrected chi connectivity index (χ4v) is 3.97. The first-order valence-electron chi connectivity index (χ1n) is 9.58. The van der Waals surface area contributed by atoms with E-state index in [-0.39, 0.29) is 57.6 Å². The van der Waals surface area contributed by atoms with Crippen molar-refractivity contribution in [2.75, 3.05) is 6.61 Å². The average molecular weight is 477 g/mol. The Morgan fingerprint density at radius 1 is 1.28 bits per heavy atom. The highest BCUT2D eigenvalue weighted by molar-refractivity contribution is 6.37. The lowest BCUT2D eigenvalue weighted by molar-refractivity contribution is -0.139. The van der Waals surface area contributed by atoms with Crippen LogP contribution in [0.25, 0.3) is 0 Å². The van der Waals surface area contributed by atoms with Crippen LogP contribution in [0.15, 0.2) is 59.2 Å². The third kappa shape index (κ3) is 4.82. The third-order valence-electron chi connectivity index (χ3n) is 4.73. The van der Waals surface area contributed by atoms with Crippen LogP contribution in [0.2, 0.25) is 10.0 Å². The zero-order valence-electron chi connectivity index (χ0n) is 17.2. The minimum Gasteiger partial charge on any atom is -0.486 e. The number of esters is 1. The lowest BCUT2D eigenvalue weighted by Gasteiger charge is -2.27. The maximum Gasteiger partial charge on any atom is 0.338 e. The minimum absolute atomic E-state index is 0.0271. The molecule has 3 rings (SSSR count). The summed E-state index contributed by atoms with van der Waals surface area (Å²) in [6.45, 7) is 3.40. The molecule has 0 saturated heterocycles. The van der Waals surface area contributed by atoms with Gasteiger partial charge in [0, 0.05) is 0 Å². The Kier molecular flexibility index (Phi) is 7.29. The molecular weight excluding hydrogens is 458 g/mol. The van der Waals surface area contributed by atoms with Crippen molar-refractivity contribution in [2.45, 2.75) is 26.4 Å². The van der Waals surface area contributed by atoms with Crippen molar-refractivity contribution >= 4 is 29.2 Å². The highest BCUT2D eigenvalue weighted by Gasteiger charge is 2.37. The Morgan fingerprint density at radius 3 is 2.56 bits per heavy atom. The minimum atomic E-state index is -0.889. The molecule has 166 valence electrons. The number of carbonyl (C=O) groups excluding carboxylic acids is 1. The van der Waals surface area contributed by atoms with Crippen LogP contribution in [-0.4, -0.2) is 12.6 Å². The molecule has 2 N–H and O–H groups in total. The van der Waals surface area contributed by atoms with E-state index < -0.39 is 11.9 Å². The van der Waals surface area contributed by atoms with Crippen LogP contribution < -0.4 is 10.5 Å². The maximum atomic E-state index is 13.4. The van der Waals surface area contributed by atoms with Crippen molar-refractivity contribution in [3.63, 3.8) is 0 Å². The predicted molar refractivity (Wildman–Crippen MR) is 117 cm³/mol. The molecular formula is C23H19Cl2FN2O4. The van der Waals surface area contributed by atoms with E-state index in [1.54, 1.807) is 26.0 Å². The van der Waals surface area contributed by atoms with Crippen molar-refractivity contribution in [2.24, 2.45) is 5.73 Å². The lowest BCUT2D eigenvalue weighted by atomic mass is 9.83. The Morgan fingerprint density at radius 2 is 1.97 bits per heavy atom. The second kappa shape index (κ2) is 9.94. The molecule has 1 atom stereocenters. The quantitative estimate of drug-likeness (QED) is 0.564. The number of hydrogen-bond acceptors (Lipinski definition) is 6. The second-order valence-electron chi connectivity index (χ2n) is 6.85. The number of nitriles is 1. The first-order chi connectivity index (χ1) is 15.3. The molecule has 32 heavy (non-hydrogen) atoms. The van der Waals surface area contributed by atoms with Gasteiger partial charge in [0.25, 0.3) is 0 Å². The summed E-state index contributed by atoms with van der Waals surface area (Å²) in [5.41, 5.74) is 7.08. The number of carbonyl (C=O) groups is 1. The zero-order valence-corrected chi connectivity index (χ0v) is 18.8. The summed E-state index contributed by atoms with van der Waals surface area (Å²) in [5.74, 6) is -1.65. The van der Waals surface area contributed by atoms with Gasteiger partial charge in [-0.15, -0.1) is 0 Å². The van der Waals surface area contributed by atoms with Gasteiger partial charge in [0.1, 0.15) is 29.8 Å². The van der Waals surface area contributed by atoms with Crippen molar-refractivity contribution in [3.05, 3.63) is 86.2 Å². The van der Waals surface area contributed by atoms with Gasteiger partial charge >= 0.3 is 5.97 Å². The smallest absolute Gasteiger partial charge is 0.338 e. The largest absolute Gasteiger partial charge is 0.486 e. The second-order valence-corrected chi connectivity index (χ2v) is 7.66. The lowest BCUT2D eigenvalue weighted by Crippen LogP contribution is -2.25. The number of halogens is 3. The Labute approximate surface area is 194 Å². The molecule has 0 fully saturated rings. The highest BCUT2D eigenvalue weighted by Crippen LogP contribution is 2.44. The number of ether oxygens (including phenoxy) is 3. The highest BCUT2D eigenvalue weighted by atomic mass is 35.5. The monoisotopic (exact) mass is 476 g/mol. The zero-order chi connectivity index (χ0) is 23.4. The summed E-state index contributed by atoms with van der Waals surface area (Å²) in [6.07, 6.45) is 0. The van der Waals surface area contributed by atoms with E-state index in [1.165, 1.54) is 24.3 Å². The van der Waals surface area contributed by atoms with Gasteiger partial charge < -0.3 is 19.9 Å². The molecule has 0 aromatic heterocycles. The first kappa shape index (κ1) is 23.5.